The lowest BCUT2D eigenvalue weighted by atomic mass is 10.3. The first-order chi connectivity index (χ1) is 7.09. The van der Waals surface area contributed by atoms with E-state index in [-0.39, 0.29) is 5.88 Å². The van der Waals surface area contributed by atoms with Gasteiger partial charge in [-0.25, -0.2) is 4.68 Å². The number of halogens is 2. The second-order valence-electron chi connectivity index (χ2n) is 3.16. The summed E-state index contributed by atoms with van der Waals surface area (Å²) in [5.74, 6) is 0.105. The average Bonchev–Trinajstić information content (AvgIpc) is 2.53. The van der Waals surface area contributed by atoms with Gasteiger partial charge in [-0.05, 0) is 25.1 Å². The highest BCUT2D eigenvalue weighted by Crippen LogP contribution is 2.27. The maximum atomic E-state index is 9.68. The molecule has 1 aromatic carbocycles. The highest BCUT2D eigenvalue weighted by Gasteiger charge is 2.08. The van der Waals surface area contributed by atoms with E-state index in [0.717, 1.165) is 0 Å². The Balaban J connectivity index is 2.55. The standard InChI is InChI=1S/C10H8Cl2N2O/c1-6-5-13-14(10(6)15)7-2-3-8(11)9(12)4-7/h2-5,15H,1H3. The van der Waals surface area contributed by atoms with Crippen molar-refractivity contribution in [2.24, 2.45) is 0 Å². The van der Waals surface area contributed by atoms with Crippen LogP contribution in [-0.2, 0) is 0 Å². The lowest BCUT2D eigenvalue weighted by molar-refractivity contribution is 0.430. The number of aromatic hydroxyl groups is 1. The van der Waals surface area contributed by atoms with Crippen LogP contribution in [0.2, 0.25) is 10.0 Å². The summed E-state index contributed by atoms with van der Waals surface area (Å²) >= 11 is 11.7. The minimum Gasteiger partial charge on any atom is -0.493 e. The van der Waals surface area contributed by atoms with Gasteiger partial charge in [-0.1, -0.05) is 23.2 Å². The Kier molecular flexibility index (Phi) is 2.59. The average molecular weight is 243 g/mol. The molecule has 3 nitrogen and oxygen atoms in total. The fourth-order valence-corrected chi connectivity index (χ4v) is 1.52. The van der Waals surface area contributed by atoms with Crippen molar-refractivity contribution in [2.45, 2.75) is 6.92 Å². The molecule has 0 radical (unpaired) electrons. The van der Waals surface area contributed by atoms with E-state index < -0.39 is 0 Å². The molecule has 1 heterocycles. The van der Waals surface area contributed by atoms with Gasteiger partial charge < -0.3 is 5.11 Å². The van der Waals surface area contributed by atoms with Crippen molar-refractivity contribution in [1.82, 2.24) is 9.78 Å². The van der Waals surface area contributed by atoms with Crippen LogP contribution in [0.3, 0.4) is 0 Å². The minimum absolute atomic E-state index is 0.105. The molecule has 0 atom stereocenters. The normalized spacial score (nSPS) is 10.6. The van der Waals surface area contributed by atoms with E-state index >= 15 is 0 Å². The van der Waals surface area contributed by atoms with Gasteiger partial charge in [0.25, 0.3) is 0 Å². The molecule has 1 N–H and O–H groups in total. The SMILES string of the molecule is Cc1cnn(-c2ccc(Cl)c(Cl)c2)c1O. The quantitative estimate of drug-likeness (QED) is 0.835. The van der Waals surface area contributed by atoms with E-state index in [9.17, 15) is 5.11 Å². The van der Waals surface area contributed by atoms with E-state index in [1.165, 1.54) is 4.68 Å². The predicted molar refractivity (Wildman–Crippen MR) is 60.0 cm³/mol. The van der Waals surface area contributed by atoms with Gasteiger partial charge in [0.15, 0.2) is 0 Å². The summed E-state index contributed by atoms with van der Waals surface area (Å²) in [5, 5.41) is 14.6. The van der Waals surface area contributed by atoms with Gasteiger partial charge in [0.05, 0.1) is 21.9 Å². The molecule has 2 aromatic rings. The second-order valence-corrected chi connectivity index (χ2v) is 3.98. The van der Waals surface area contributed by atoms with Crippen LogP contribution < -0.4 is 0 Å². The van der Waals surface area contributed by atoms with Crippen LogP contribution in [0.1, 0.15) is 5.56 Å². The van der Waals surface area contributed by atoms with Gasteiger partial charge in [-0.15, -0.1) is 0 Å². The summed E-state index contributed by atoms with van der Waals surface area (Å²) in [7, 11) is 0. The highest BCUT2D eigenvalue weighted by molar-refractivity contribution is 6.42. The van der Waals surface area contributed by atoms with Crippen molar-refractivity contribution in [2.75, 3.05) is 0 Å². The largest absolute Gasteiger partial charge is 0.493 e. The minimum atomic E-state index is 0.105. The Bertz CT molecular complexity index is 508. The van der Waals surface area contributed by atoms with E-state index in [0.29, 0.717) is 21.3 Å². The number of hydrogen-bond acceptors (Lipinski definition) is 2. The Labute approximate surface area is 96.9 Å². The van der Waals surface area contributed by atoms with Gasteiger partial charge in [-0.3, -0.25) is 0 Å². The zero-order valence-electron chi connectivity index (χ0n) is 7.91. The van der Waals surface area contributed by atoms with Crippen molar-refractivity contribution < 1.29 is 5.11 Å². The Morgan fingerprint density at radius 2 is 2.00 bits per heavy atom. The molecule has 15 heavy (non-hydrogen) atoms. The molecule has 78 valence electrons. The summed E-state index contributed by atoms with van der Waals surface area (Å²) in [6.07, 6.45) is 1.58. The number of benzene rings is 1. The lowest BCUT2D eigenvalue weighted by Crippen LogP contribution is -1.95. The summed E-state index contributed by atoms with van der Waals surface area (Å²) < 4.78 is 1.40. The maximum absolute atomic E-state index is 9.68. The van der Waals surface area contributed by atoms with Crippen molar-refractivity contribution in [3.8, 4) is 11.6 Å². The zero-order valence-corrected chi connectivity index (χ0v) is 9.42. The molecule has 0 saturated heterocycles. The molecule has 0 fully saturated rings. The Morgan fingerprint density at radius 3 is 2.53 bits per heavy atom. The Hall–Kier alpha value is -1.19. The molecule has 0 amide bonds. The number of aryl methyl sites for hydroxylation is 1. The van der Waals surface area contributed by atoms with E-state index in [2.05, 4.69) is 5.10 Å². The molecule has 1 aromatic heterocycles. The molecule has 0 unspecified atom stereocenters. The number of aromatic nitrogens is 2. The highest BCUT2D eigenvalue weighted by atomic mass is 35.5. The van der Waals surface area contributed by atoms with Crippen LogP contribution in [0.4, 0.5) is 0 Å². The van der Waals surface area contributed by atoms with E-state index in [1.54, 1.807) is 31.3 Å². The first-order valence-electron chi connectivity index (χ1n) is 4.28. The van der Waals surface area contributed by atoms with Crippen LogP contribution in [0.25, 0.3) is 5.69 Å². The summed E-state index contributed by atoms with van der Waals surface area (Å²) in [5.41, 5.74) is 1.39. The molecule has 0 aliphatic rings. The molecule has 0 aliphatic heterocycles. The number of nitrogens with zero attached hydrogens (tertiary/aromatic N) is 2. The van der Waals surface area contributed by atoms with Gasteiger partial charge in [0.1, 0.15) is 0 Å². The maximum Gasteiger partial charge on any atom is 0.217 e. The van der Waals surface area contributed by atoms with Gasteiger partial charge in [0, 0.05) is 5.56 Å². The third-order valence-corrected chi connectivity index (χ3v) is 2.81. The molecular weight excluding hydrogens is 235 g/mol. The van der Waals surface area contributed by atoms with Gasteiger partial charge >= 0.3 is 0 Å². The predicted octanol–water partition coefficient (Wildman–Crippen LogP) is 3.19. The topological polar surface area (TPSA) is 38.0 Å². The third-order valence-electron chi connectivity index (χ3n) is 2.07. The molecule has 0 aliphatic carbocycles. The first-order valence-corrected chi connectivity index (χ1v) is 5.04. The van der Waals surface area contributed by atoms with Crippen LogP contribution in [0, 0.1) is 6.92 Å². The lowest BCUT2D eigenvalue weighted by Gasteiger charge is -2.04. The fraction of sp³-hybridized carbons (Fsp3) is 0.100. The van der Waals surface area contributed by atoms with Crippen LogP contribution in [-0.4, -0.2) is 14.9 Å². The van der Waals surface area contributed by atoms with Crippen LogP contribution in [0.5, 0.6) is 5.88 Å². The molecule has 0 spiro atoms. The molecular formula is C10H8Cl2N2O. The van der Waals surface area contributed by atoms with E-state index in [1.807, 2.05) is 0 Å². The van der Waals surface area contributed by atoms with Gasteiger partial charge in [0.2, 0.25) is 5.88 Å². The van der Waals surface area contributed by atoms with Crippen molar-refractivity contribution in [1.29, 1.82) is 0 Å². The fourth-order valence-electron chi connectivity index (χ4n) is 1.23. The van der Waals surface area contributed by atoms with Crippen LogP contribution >= 0.6 is 23.2 Å². The zero-order chi connectivity index (χ0) is 11.0. The summed E-state index contributed by atoms with van der Waals surface area (Å²) in [6.45, 7) is 1.77. The smallest absolute Gasteiger partial charge is 0.217 e. The molecule has 0 bridgehead atoms. The Morgan fingerprint density at radius 1 is 1.27 bits per heavy atom. The summed E-state index contributed by atoms with van der Waals surface area (Å²) in [6, 6.07) is 5.05. The molecule has 2 rings (SSSR count). The second kappa shape index (κ2) is 3.76. The summed E-state index contributed by atoms with van der Waals surface area (Å²) in [4.78, 5) is 0. The van der Waals surface area contributed by atoms with Crippen molar-refractivity contribution in [3.05, 3.63) is 40.0 Å². The third kappa shape index (κ3) is 1.80. The first kappa shape index (κ1) is 10.3. The molecule has 0 saturated carbocycles. The van der Waals surface area contributed by atoms with Crippen LogP contribution in [0.15, 0.2) is 24.4 Å². The molecule has 5 heteroatoms. The van der Waals surface area contributed by atoms with Crippen molar-refractivity contribution in [3.63, 3.8) is 0 Å². The van der Waals surface area contributed by atoms with Crippen molar-refractivity contribution >= 4 is 23.2 Å². The monoisotopic (exact) mass is 242 g/mol. The number of hydrogen-bond donors (Lipinski definition) is 1. The van der Waals surface area contributed by atoms with E-state index in [4.69, 9.17) is 23.2 Å². The number of rotatable bonds is 1. The van der Waals surface area contributed by atoms with Gasteiger partial charge in [-0.2, -0.15) is 5.10 Å².